The van der Waals surface area contributed by atoms with E-state index in [2.05, 4.69) is 45.9 Å². The molecule has 0 amide bonds. The van der Waals surface area contributed by atoms with Crippen molar-refractivity contribution < 1.29 is 0 Å². The van der Waals surface area contributed by atoms with Gasteiger partial charge in [0.15, 0.2) is 0 Å². The monoisotopic (exact) mass is 277 g/mol. The molecule has 20 heavy (non-hydrogen) atoms. The van der Waals surface area contributed by atoms with Crippen LogP contribution in [-0.4, -0.2) is 59.0 Å². The fourth-order valence-corrected chi connectivity index (χ4v) is 2.58. The van der Waals surface area contributed by atoms with E-state index in [1.54, 1.807) is 0 Å². The van der Waals surface area contributed by atoms with E-state index >= 15 is 0 Å². The second-order valence-corrected chi connectivity index (χ2v) is 5.89. The molecule has 112 valence electrons. The van der Waals surface area contributed by atoms with Crippen molar-refractivity contribution in [3.8, 4) is 0 Å². The van der Waals surface area contributed by atoms with Crippen LogP contribution in [0.2, 0.25) is 0 Å². The van der Waals surface area contributed by atoms with E-state index in [0.29, 0.717) is 0 Å². The first-order chi connectivity index (χ1) is 9.67. The zero-order valence-electron chi connectivity index (χ0n) is 13.0. The third-order valence-corrected chi connectivity index (χ3v) is 3.54. The maximum absolute atomic E-state index is 4.48. The Hall–Kier alpha value is -1.20. The molecule has 0 radical (unpaired) electrons. The number of anilines is 1. The molecule has 0 unspecified atom stereocenters. The summed E-state index contributed by atoms with van der Waals surface area (Å²) >= 11 is 0. The average molecular weight is 277 g/mol. The predicted octanol–water partition coefficient (Wildman–Crippen LogP) is 1.68. The van der Waals surface area contributed by atoms with Crippen molar-refractivity contribution in [1.82, 2.24) is 19.8 Å². The minimum atomic E-state index is 0.756. The molecule has 1 aromatic rings. The number of hydrogen-bond acceptors (Lipinski definition) is 5. The van der Waals surface area contributed by atoms with Gasteiger partial charge in [-0.15, -0.1) is 0 Å². The van der Waals surface area contributed by atoms with Crippen LogP contribution in [0.5, 0.6) is 0 Å². The molecular weight excluding hydrogens is 250 g/mol. The van der Waals surface area contributed by atoms with Gasteiger partial charge in [0.25, 0.3) is 0 Å². The van der Waals surface area contributed by atoms with Crippen molar-refractivity contribution in [2.24, 2.45) is 5.92 Å². The first-order valence-corrected chi connectivity index (χ1v) is 7.67. The highest BCUT2D eigenvalue weighted by Crippen LogP contribution is 2.09. The standard InChI is InChI=1S/C15H27N5/c1-4-16-15-10-17-14(9-18-15)12-20-7-5-19(6-8-20)11-13(2)3/h9-10,13H,4-8,11-12H2,1-3H3,(H,16,18). The van der Waals surface area contributed by atoms with Crippen molar-refractivity contribution in [2.75, 3.05) is 44.6 Å². The number of nitrogens with one attached hydrogen (secondary N) is 1. The summed E-state index contributed by atoms with van der Waals surface area (Å²) in [6, 6.07) is 0. The Labute approximate surface area is 122 Å². The maximum Gasteiger partial charge on any atom is 0.144 e. The molecule has 0 bridgehead atoms. The van der Waals surface area contributed by atoms with Crippen LogP contribution in [0, 0.1) is 5.92 Å². The molecule has 0 spiro atoms. The molecule has 1 aliphatic heterocycles. The Morgan fingerprint density at radius 3 is 2.35 bits per heavy atom. The Morgan fingerprint density at radius 2 is 1.80 bits per heavy atom. The summed E-state index contributed by atoms with van der Waals surface area (Å²) in [6.45, 7) is 14.2. The SMILES string of the molecule is CCNc1cnc(CN2CCN(CC(C)C)CC2)cn1. The van der Waals surface area contributed by atoms with Gasteiger partial charge in [-0.25, -0.2) is 4.98 Å². The van der Waals surface area contributed by atoms with Crippen LogP contribution >= 0.6 is 0 Å². The van der Waals surface area contributed by atoms with Crippen molar-refractivity contribution >= 4 is 5.82 Å². The summed E-state index contributed by atoms with van der Waals surface area (Å²) in [6.07, 6.45) is 3.71. The largest absolute Gasteiger partial charge is 0.369 e. The van der Waals surface area contributed by atoms with Gasteiger partial charge in [-0.2, -0.15) is 0 Å². The molecule has 0 aliphatic carbocycles. The molecule has 1 N–H and O–H groups in total. The molecule has 1 saturated heterocycles. The number of nitrogens with zero attached hydrogens (tertiary/aromatic N) is 4. The molecule has 2 rings (SSSR count). The lowest BCUT2D eigenvalue weighted by Crippen LogP contribution is -2.46. The summed E-state index contributed by atoms with van der Waals surface area (Å²) in [5, 5.41) is 3.17. The van der Waals surface area contributed by atoms with Gasteiger partial charge in [-0.05, 0) is 12.8 Å². The van der Waals surface area contributed by atoms with Gasteiger partial charge in [0.05, 0.1) is 18.1 Å². The van der Waals surface area contributed by atoms with E-state index in [-0.39, 0.29) is 0 Å². The highest BCUT2D eigenvalue weighted by Gasteiger charge is 2.17. The van der Waals surface area contributed by atoms with Gasteiger partial charge < -0.3 is 10.2 Å². The van der Waals surface area contributed by atoms with E-state index in [1.807, 2.05) is 12.4 Å². The van der Waals surface area contributed by atoms with Crippen LogP contribution in [0.3, 0.4) is 0 Å². The summed E-state index contributed by atoms with van der Waals surface area (Å²) in [4.78, 5) is 13.9. The van der Waals surface area contributed by atoms with Crippen LogP contribution in [-0.2, 0) is 6.54 Å². The Bertz CT molecular complexity index is 382. The first kappa shape index (κ1) is 15.2. The van der Waals surface area contributed by atoms with E-state index in [4.69, 9.17) is 0 Å². The van der Waals surface area contributed by atoms with Gasteiger partial charge in [0, 0.05) is 45.8 Å². The topological polar surface area (TPSA) is 44.3 Å². The maximum atomic E-state index is 4.48. The molecule has 0 aromatic carbocycles. The van der Waals surface area contributed by atoms with Crippen molar-refractivity contribution in [3.05, 3.63) is 18.1 Å². The van der Waals surface area contributed by atoms with Crippen LogP contribution in [0.15, 0.2) is 12.4 Å². The van der Waals surface area contributed by atoms with Crippen LogP contribution in [0.25, 0.3) is 0 Å². The average Bonchev–Trinajstić information content (AvgIpc) is 2.43. The highest BCUT2D eigenvalue weighted by molar-refractivity contribution is 5.30. The predicted molar refractivity (Wildman–Crippen MR) is 82.8 cm³/mol. The van der Waals surface area contributed by atoms with E-state index in [1.165, 1.54) is 19.6 Å². The lowest BCUT2D eigenvalue weighted by molar-refractivity contribution is 0.116. The van der Waals surface area contributed by atoms with Gasteiger partial charge in [-0.3, -0.25) is 9.88 Å². The van der Waals surface area contributed by atoms with Gasteiger partial charge in [0.2, 0.25) is 0 Å². The molecule has 1 aromatic heterocycles. The molecule has 5 nitrogen and oxygen atoms in total. The fourth-order valence-electron chi connectivity index (χ4n) is 2.58. The summed E-state index contributed by atoms with van der Waals surface area (Å²) in [7, 11) is 0. The zero-order chi connectivity index (χ0) is 14.4. The zero-order valence-corrected chi connectivity index (χ0v) is 13.0. The van der Waals surface area contributed by atoms with Crippen molar-refractivity contribution in [3.63, 3.8) is 0 Å². The first-order valence-electron chi connectivity index (χ1n) is 7.67. The summed E-state index contributed by atoms with van der Waals surface area (Å²) in [5.74, 6) is 1.61. The van der Waals surface area contributed by atoms with Crippen LogP contribution in [0.4, 0.5) is 5.82 Å². The molecular formula is C15H27N5. The van der Waals surface area contributed by atoms with Crippen LogP contribution < -0.4 is 5.32 Å². The second-order valence-electron chi connectivity index (χ2n) is 5.89. The molecule has 2 heterocycles. The molecule has 0 saturated carbocycles. The molecule has 0 atom stereocenters. The van der Waals surface area contributed by atoms with E-state index < -0.39 is 0 Å². The smallest absolute Gasteiger partial charge is 0.144 e. The minimum absolute atomic E-state index is 0.756. The number of piperazine rings is 1. The van der Waals surface area contributed by atoms with Crippen LogP contribution in [0.1, 0.15) is 26.5 Å². The highest BCUT2D eigenvalue weighted by atomic mass is 15.3. The molecule has 1 aliphatic rings. The molecule has 5 heteroatoms. The van der Waals surface area contributed by atoms with Gasteiger partial charge in [0.1, 0.15) is 5.82 Å². The lowest BCUT2D eigenvalue weighted by atomic mass is 10.2. The third kappa shape index (κ3) is 4.72. The van der Waals surface area contributed by atoms with Crippen molar-refractivity contribution in [1.29, 1.82) is 0 Å². The minimum Gasteiger partial charge on any atom is -0.369 e. The number of aromatic nitrogens is 2. The van der Waals surface area contributed by atoms with E-state index in [0.717, 1.165) is 43.6 Å². The normalized spacial score (nSPS) is 17.6. The lowest BCUT2D eigenvalue weighted by Gasteiger charge is -2.35. The molecule has 1 fully saturated rings. The fraction of sp³-hybridized carbons (Fsp3) is 0.733. The van der Waals surface area contributed by atoms with Gasteiger partial charge in [-0.1, -0.05) is 13.8 Å². The second kappa shape index (κ2) is 7.55. The quantitative estimate of drug-likeness (QED) is 0.857. The van der Waals surface area contributed by atoms with E-state index in [9.17, 15) is 0 Å². The Kier molecular flexibility index (Phi) is 5.73. The third-order valence-electron chi connectivity index (χ3n) is 3.54. The Balaban J connectivity index is 1.77. The number of hydrogen-bond donors (Lipinski definition) is 1. The Morgan fingerprint density at radius 1 is 1.10 bits per heavy atom. The van der Waals surface area contributed by atoms with Crippen molar-refractivity contribution in [2.45, 2.75) is 27.3 Å². The number of rotatable bonds is 6. The summed E-state index contributed by atoms with van der Waals surface area (Å²) in [5.41, 5.74) is 1.06. The summed E-state index contributed by atoms with van der Waals surface area (Å²) < 4.78 is 0. The van der Waals surface area contributed by atoms with Gasteiger partial charge >= 0.3 is 0 Å².